The number of thioether (sulfide) groups is 1. The van der Waals surface area contributed by atoms with Crippen LogP contribution in [0.25, 0.3) is 0 Å². The molecule has 0 bridgehead atoms. The van der Waals surface area contributed by atoms with E-state index in [-0.39, 0.29) is 0 Å². The maximum Gasteiger partial charge on any atom is 0.0161 e. The monoisotopic (exact) mass is 227 g/mol. The van der Waals surface area contributed by atoms with Gasteiger partial charge in [-0.15, -0.1) is 0 Å². The molecule has 1 aliphatic carbocycles. The lowest BCUT2D eigenvalue weighted by atomic mass is 10.0. The first-order valence-electron chi connectivity index (χ1n) is 6.68. The molecule has 0 radical (unpaired) electrons. The summed E-state index contributed by atoms with van der Waals surface area (Å²) in [5.74, 6) is 3.71. The molecular weight excluding hydrogens is 202 g/mol. The summed E-state index contributed by atoms with van der Waals surface area (Å²) in [6.45, 7) is 2.42. The third-order valence-electron chi connectivity index (χ3n) is 3.89. The van der Waals surface area contributed by atoms with E-state index in [2.05, 4.69) is 24.0 Å². The Balaban J connectivity index is 1.72. The zero-order valence-electron chi connectivity index (χ0n) is 10.0. The summed E-state index contributed by atoms with van der Waals surface area (Å²) in [5, 5.41) is 3.90. The van der Waals surface area contributed by atoms with Gasteiger partial charge in [0.15, 0.2) is 0 Å². The van der Waals surface area contributed by atoms with Crippen molar-refractivity contribution in [1.29, 1.82) is 0 Å². The van der Waals surface area contributed by atoms with Gasteiger partial charge in [0.2, 0.25) is 0 Å². The van der Waals surface area contributed by atoms with Gasteiger partial charge in [-0.05, 0) is 43.8 Å². The second kappa shape index (κ2) is 6.15. The highest BCUT2D eigenvalue weighted by Crippen LogP contribution is 2.24. The molecular formula is C13H25NS. The van der Waals surface area contributed by atoms with Gasteiger partial charge in [0.25, 0.3) is 0 Å². The molecule has 1 heterocycles. The Bertz CT molecular complexity index is 177. The van der Waals surface area contributed by atoms with Crippen molar-refractivity contribution in [2.75, 3.05) is 11.5 Å². The molecule has 1 nitrogen and oxygen atoms in total. The molecule has 3 atom stereocenters. The van der Waals surface area contributed by atoms with E-state index in [1.54, 1.807) is 0 Å². The molecule has 0 aromatic heterocycles. The van der Waals surface area contributed by atoms with Crippen LogP contribution in [-0.4, -0.2) is 23.6 Å². The first-order valence-corrected chi connectivity index (χ1v) is 7.84. The maximum atomic E-state index is 3.90. The molecule has 1 N–H and O–H groups in total. The summed E-state index contributed by atoms with van der Waals surface area (Å²) in [7, 11) is 0. The minimum Gasteiger partial charge on any atom is -0.310 e. The number of hydrogen-bond acceptors (Lipinski definition) is 2. The Kier molecular flexibility index (Phi) is 4.83. The molecule has 0 amide bonds. The van der Waals surface area contributed by atoms with Crippen LogP contribution in [0.4, 0.5) is 0 Å². The zero-order valence-corrected chi connectivity index (χ0v) is 10.8. The molecule has 0 aromatic carbocycles. The number of hydrogen-bond donors (Lipinski definition) is 1. The zero-order chi connectivity index (χ0) is 10.5. The second-order valence-corrected chi connectivity index (χ2v) is 6.54. The first kappa shape index (κ1) is 11.8. The van der Waals surface area contributed by atoms with Crippen LogP contribution in [0.15, 0.2) is 0 Å². The summed E-state index contributed by atoms with van der Waals surface area (Å²) < 4.78 is 0. The van der Waals surface area contributed by atoms with Crippen molar-refractivity contribution in [2.24, 2.45) is 5.92 Å². The summed E-state index contributed by atoms with van der Waals surface area (Å²) in [5.41, 5.74) is 0. The molecule has 3 unspecified atom stereocenters. The molecule has 0 aromatic rings. The topological polar surface area (TPSA) is 12.0 Å². The van der Waals surface area contributed by atoms with E-state index in [0.29, 0.717) is 0 Å². The SMILES string of the molecule is CC1CCCC(NC2CCCSC2)CC1. The van der Waals surface area contributed by atoms with Crippen LogP contribution >= 0.6 is 11.8 Å². The van der Waals surface area contributed by atoms with Crippen LogP contribution in [0.5, 0.6) is 0 Å². The third kappa shape index (κ3) is 3.99. The molecule has 2 heteroatoms. The van der Waals surface area contributed by atoms with E-state index in [1.807, 2.05) is 0 Å². The minimum atomic E-state index is 0.821. The summed E-state index contributed by atoms with van der Waals surface area (Å²) >= 11 is 2.13. The Morgan fingerprint density at radius 1 is 0.933 bits per heavy atom. The standard InChI is InChI=1S/C13H25NS/c1-11-4-2-5-12(8-7-11)14-13-6-3-9-15-10-13/h11-14H,2-10H2,1H3. The van der Waals surface area contributed by atoms with Crippen molar-refractivity contribution < 1.29 is 0 Å². The smallest absolute Gasteiger partial charge is 0.0161 e. The van der Waals surface area contributed by atoms with E-state index in [9.17, 15) is 0 Å². The van der Waals surface area contributed by atoms with E-state index >= 15 is 0 Å². The fourth-order valence-electron chi connectivity index (χ4n) is 2.86. The van der Waals surface area contributed by atoms with Crippen molar-refractivity contribution in [3.05, 3.63) is 0 Å². The van der Waals surface area contributed by atoms with E-state index in [0.717, 1.165) is 18.0 Å². The van der Waals surface area contributed by atoms with Gasteiger partial charge in [0.05, 0.1) is 0 Å². The van der Waals surface area contributed by atoms with Crippen molar-refractivity contribution in [3.8, 4) is 0 Å². The molecule has 2 aliphatic rings. The van der Waals surface area contributed by atoms with Gasteiger partial charge in [-0.25, -0.2) is 0 Å². The second-order valence-electron chi connectivity index (χ2n) is 5.39. The van der Waals surface area contributed by atoms with Gasteiger partial charge in [0, 0.05) is 17.8 Å². The van der Waals surface area contributed by atoms with Gasteiger partial charge in [0.1, 0.15) is 0 Å². The Morgan fingerprint density at radius 3 is 2.60 bits per heavy atom. The van der Waals surface area contributed by atoms with E-state index in [1.165, 1.54) is 56.5 Å². The number of nitrogens with one attached hydrogen (secondary N) is 1. The fraction of sp³-hybridized carbons (Fsp3) is 1.00. The molecule has 1 aliphatic heterocycles. The van der Waals surface area contributed by atoms with E-state index in [4.69, 9.17) is 0 Å². The minimum absolute atomic E-state index is 0.821. The summed E-state index contributed by atoms with van der Waals surface area (Å²) in [4.78, 5) is 0. The molecule has 15 heavy (non-hydrogen) atoms. The van der Waals surface area contributed by atoms with Gasteiger partial charge >= 0.3 is 0 Å². The Labute approximate surface area is 98.8 Å². The molecule has 1 saturated carbocycles. The van der Waals surface area contributed by atoms with Crippen molar-refractivity contribution >= 4 is 11.8 Å². The quantitative estimate of drug-likeness (QED) is 0.725. The molecule has 0 spiro atoms. The van der Waals surface area contributed by atoms with Crippen molar-refractivity contribution in [2.45, 2.75) is 64.0 Å². The third-order valence-corrected chi connectivity index (χ3v) is 5.10. The average Bonchev–Trinajstić information content (AvgIpc) is 2.46. The lowest BCUT2D eigenvalue weighted by molar-refractivity contribution is 0.388. The van der Waals surface area contributed by atoms with Crippen LogP contribution in [0.2, 0.25) is 0 Å². The molecule has 2 fully saturated rings. The lowest BCUT2D eigenvalue weighted by Crippen LogP contribution is -2.41. The number of rotatable bonds is 2. The highest BCUT2D eigenvalue weighted by molar-refractivity contribution is 7.99. The van der Waals surface area contributed by atoms with Crippen molar-refractivity contribution in [1.82, 2.24) is 5.32 Å². The van der Waals surface area contributed by atoms with Gasteiger partial charge in [-0.1, -0.05) is 19.8 Å². The average molecular weight is 227 g/mol. The van der Waals surface area contributed by atoms with Crippen LogP contribution < -0.4 is 5.32 Å². The van der Waals surface area contributed by atoms with E-state index < -0.39 is 0 Å². The van der Waals surface area contributed by atoms with Gasteiger partial charge < -0.3 is 5.32 Å². The van der Waals surface area contributed by atoms with Gasteiger partial charge in [-0.3, -0.25) is 0 Å². The Hall–Kier alpha value is 0.310. The Morgan fingerprint density at radius 2 is 1.80 bits per heavy atom. The van der Waals surface area contributed by atoms with Gasteiger partial charge in [-0.2, -0.15) is 11.8 Å². The molecule has 2 rings (SSSR count). The van der Waals surface area contributed by atoms with Crippen LogP contribution in [-0.2, 0) is 0 Å². The lowest BCUT2D eigenvalue weighted by Gasteiger charge is -2.27. The predicted molar refractivity (Wildman–Crippen MR) is 69.5 cm³/mol. The maximum absolute atomic E-state index is 3.90. The molecule has 88 valence electrons. The van der Waals surface area contributed by atoms with Crippen molar-refractivity contribution in [3.63, 3.8) is 0 Å². The largest absolute Gasteiger partial charge is 0.310 e. The normalized spacial score (nSPS) is 38.6. The van der Waals surface area contributed by atoms with Crippen LogP contribution in [0.3, 0.4) is 0 Å². The fourth-order valence-corrected chi connectivity index (χ4v) is 3.94. The highest BCUT2D eigenvalue weighted by atomic mass is 32.2. The summed E-state index contributed by atoms with van der Waals surface area (Å²) in [6.07, 6.45) is 10.0. The van der Waals surface area contributed by atoms with Crippen LogP contribution in [0, 0.1) is 5.92 Å². The predicted octanol–water partition coefficient (Wildman–Crippen LogP) is 3.44. The highest BCUT2D eigenvalue weighted by Gasteiger charge is 2.20. The van der Waals surface area contributed by atoms with Crippen LogP contribution in [0.1, 0.15) is 51.9 Å². The first-order chi connectivity index (χ1) is 7.34. The molecule has 1 saturated heterocycles. The summed E-state index contributed by atoms with van der Waals surface area (Å²) in [6, 6.07) is 1.65.